The molecule has 6 nitrogen and oxygen atoms in total. The molecule has 1 N–H and O–H groups in total. The number of hydrogen-bond donors (Lipinski definition) is 1. The fourth-order valence-corrected chi connectivity index (χ4v) is 4.36. The number of nitrogens with zero attached hydrogens (tertiary/aromatic N) is 1. The first-order valence-electron chi connectivity index (χ1n) is 8.10. The molecule has 2 heterocycles. The molecule has 0 aliphatic carbocycles. The lowest BCUT2D eigenvalue weighted by Gasteiger charge is -2.22. The molecule has 136 valence electrons. The number of amides is 2. The molecule has 1 aromatic heterocycles. The summed E-state index contributed by atoms with van der Waals surface area (Å²) in [6.07, 6.45) is 0. The van der Waals surface area contributed by atoms with E-state index >= 15 is 0 Å². The minimum atomic E-state index is -0.515. The van der Waals surface area contributed by atoms with Gasteiger partial charge < -0.3 is 15.0 Å². The Morgan fingerprint density at radius 1 is 1.23 bits per heavy atom. The lowest BCUT2D eigenvalue weighted by atomic mass is 10.2. The number of carbonyl (C=O) groups is 3. The molecule has 8 heteroatoms. The van der Waals surface area contributed by atoms with Gasteiger partial charge in [-0.25, -0.2) is 4.79 Å². The molecule has 1 aromatic carbocycles. The normalized spacial score (nSPS) is 16.3. The standard InChI is InChI=1S/C18H18N2O4S2/c1-2-24-18(23)12-5-7-13(8-6-12)19-16(21)14-10-25-11-20(14)17(22)15-4-3-9-26-15/h3-9,14H,2,10-11H2,1H3,(H,19,21). The molecule has 1 atom stereocenters. The number of esters is 1. The number of ether oxygens (including phenoxy) is 1. The fraction of sp³-hybridized carbons (Fsp3) is 0.278. The van der Waals surface area contributed by atoms with Gasteiger partial charge in [0.15, 0.2) is 0 Å². The third-order valence-electron chi connectivity index (χ3n) is 3.84. The van der Waals surface area contributed by atoms with E-state index in [-0.39, 0.29) is 11.8 Å². The Balaban J connectivity index is 1.65. The Kier molecular flexibility index (Phi) is 5.95. The first-order chi connectivity index (χ1) is 12.6. The summed E-state index contributed by atoms with van der Waals surface area (Å²) in [4.78, 5) is 39.0. The highest BCUT2D eigenvalue weighted by molar-refractivity contribution is 7.99. The van der Waals surface area contributed by atoms with Gasteiger partial charge in [-0.05, 0) is 42.6 Å². The molecule has 0 bridgehead atoms. The van der Waals surface area contributed by atoms with Crippen molar-refractivity contribution in [1.82, 2.24) is 4.90 Å². The van der Waals surface area contributed by atoms with Crippen LogP contribution < -0.4 is 5.32 Å². The van der Waals surface area contributed by atoms with E-state index in [4.69, 9.17) is 4.74 Å². The lowest BCUT2D eigenvalue weighted by Crippen LogP contribution is -2.44. The number of thioether (sulfide) groups is 1. The van der Waals surface area contributed by atoms with Crippen LogP contribution in [0, 0.1) is 0 Å². The highest BCUT2D eigenvalue weighted by atomic mass is 32.2. The number of anilines is 1. The van der Waals surface area contributed by atoms with E-state index in [2.05, 4.69) is 5.32 Å². The molecule has 2 amide bonds. The predicted octanol–water partition coefficient (Wildman–Crippen LogP) is 3.08. The minimum Gasteiger partial charge on any atom is -0.462 e. The first-order valence-corrected chi connectivity index (χ1v) is 10.1. The molecule has 1 unspecified atom stereocenters. The van der Waals surface area contributed by atoms with Crippen LogP contribution in [0.4, 0.5) is 5.69 Å². The van der Waals surface area contributed by atoms with Crippen LogP contribution in [0.5, 0.6) is 0 Å². The number of benzene rings is 1. The summed E-state index contributed by atoms with van der Waals surface area (Å²) >= 11 is 2.92. The van der Waals surface area contributed by atoms with E-state index in [9.17, 15) is 14.4 Å². The van der Waals surface area contributed by atoms with Crippen LogP contribution in [0.2, 0.25) is 0 Å². The van der Waals surface area contributed by atoms with Gasteiger partial charge >= 0.3 is 5.97 Å². The largest absolute Gasteiger partial charge is 0.462 e. The van der Waals surface area contributed by atoms with E-state index in [0.717, 1.165) is 0 Å². The maximum absolute atomic E-state index is 12.6. The average molecular weight is 390 g/mol. The Labute approximate surface area is 159 Å². The topological polar surface area (TPSA) is 75.7 Å². The van der Waals surface area contributed by atoms with Gasteiger partial charge in [0.25, 0.3) is 5.91 Å². The van der Waals surface area contributed by atoms with Gasteiger partial charge in [0.1, 0.15) is 6.04 Å². The van der Waals surface area contributed by atoms with Gasteiger partial charge in [-0.15, -0.1) is 23.1 Å². The molecular weight excluding hydrogens is 372 g/mol. The van der Waals surface area contributed by atoms with Crippen molar-refractivity contribution < 1.29 is 19.1 Å². The molecule has 1 saturated heterocycles. The highest BCUT2D eigenvalue weighted by Crippen LogP contribution is 2.25. The van der Waals surface area contributed by atoms with Crippen LogP contribution >= 0.6 is 23.1 Å². The van der Waals surface area contributed by atoms with Crippen molar-refractivity contribution in [3.05, 3.63) is 52.2 Å². The third-order valence-corrected chi connectivity index (χ3v) is 5.71. The first kappa shape index (κ1) is 18.5. The van der Waals surface area contributed by atoms with E-state index in [0.29, 0.717) is 34.4 Å². The zero-order chi connectivity index (χ0) is 18.5. The fourth-order valence-electron chi connectivity index (χ4n) is 2.53. The van der Waals surface area contributed by atoms with Crippen LogP contribution in [0.25, 0.3) is 0 Å². The summed E-state index contributed by atoms with van der Waals surface area (Å²) in [5, 5.41) is 4.66. The van der Waals surface area contributed by atoms with Crippen LogP contribution in [-0.2, 0) is 9.53 Å². The van der Waals surface area contributed by atoms with Gasteiger partial charge in [-0.1, -0.05) is 6.07 Å². The Morgan fingerprint density at radius 3 is 2.65 bits per heavy atom. The van der Waals surface area contributed by atoms with E-state index < -0.39 is 12.0 Å². The smallest absolute Gasteiger partial charge is 0.338 e. The van der Waals surface area contributed by atoms with Crippen molar-refractivity contribution in [2.45, 2.75) is 13.0 Å². The zero-order valence-corrected chi connectivity index (χ0v) is 15.8. The average Bonchev–Trinajstić information content (AvgIpc) is 3.34. The molecular formula is C18H18N2O4S2. The summed E-state index contributed by atoms with van der Waals surface area (Å²) in [7, 11) is 0. The van der Waals surface area contributed by atoms with Gasteiger partial charge in [0, 0.05) is 11.4 Å². The van der Waals surface area contributed by atoms with Crippen LogP contribution in [0.3, 0.4) is 0 Å². The molecule has 1 fully saturated rings. The highest BCUT2D eigenvalue weighted by Gasteiger charge is 2.35. The van der Waals surface area contributed by atoms with Gasteiger partial charge in [-0.3, -0.25) is 9.59 Å². The summed E-state index contributed by atoms with van der Waals surface area (Å²) in [5.74, 6) is 0.303. The van der Waals surface area contributed by atoms with E-state index in [1.54, 1.807) is 53.9 Å². The molecule has 3 rings (SSSR count). The molecule has 1 aliphatic rings. The molecule has 0 spiro atoms. The second-order valence-electron chi connectivity index (χ2n) is 5.56. The van der Waals surface area contributed by atoms with Crippen molar-refractivity contribution in [1.29, 1.82) is 0 Å². The van der Waals surface area contributed by atoms with Crippen LogP contribution in [0.15, 0.2) is 41.8 Å². The van der Waals surface area contributed by atoms with Gasteiger partial charge in [0.2, 0.25) is 5.91 Å². The molecule has 26 heavy (non-hydrogen) atoms. The van der Waals surface area contributed by atoms with Crippen molar-refractivity contribution in [3.63, 3.8) is 0 Å². The quantitative estimate of drug-likeness (QED) is 0.794. The SMILES string of the molecule is CCOC(=O)c1ccc(NC(=O)C2CSCN2C(=O)c2cccs2)cc1. The second kappa shape index (κ2) is 8.37. The maximum Gasteiger partial charge on any atom is 0.338 e. The zero-order valence-electron chi connectivity index (χ0n) is 14.1. The second-order valence-corrected chi connectivity index (χ2v) is 7.50. The summed E-state index contributed by atoms with van der Waals surface area (Å²) in [6, 6.07) is 9.58. The van der Waals surface area contributed by atoms with E-state index in [1.807, 2.05) is 11.4 Å². The number of carbonyl (C=O) groups excluding carboxylic acids is 3. The van der Waals surface area contributed by atoms with Gasteiger partial charge in [0.05, 0.1) is 22.9 Å². The molecule has 2 aromatic rings. The molecule has 1 aliphatic heterocycles. The van der Waals surface area contributed by atoms with Crippen molar-refractivity contribution in [2.75, 3.05) is 23.6 Å². The van der Waals surface area contributed by atoms with Crippen molar-refractivity contribution in [3.8, 4) is 0 Å². The summed E-state index contributed by atoms with van der Waals surface area (Å²) < 4.78 is 4.93. The Hall–Kier alpha value is -2.32. The summed E-state index contributed by atoms with van der Waals surface area (Å²) in [5.41, 5.74) is 0.999. The lowest BCUT2D eigenvalue weighted by molar-refractivity contribution is -0.119. The third kappa shape index (κ3) is 4.08. The van der Waals surface area contributed by atoms with Crippen LogP contribution in [0.1, 0.15) is 27.0 Å². The summed E-state index contributed by atoms with van der Waals surface area (Å²) in [6.45, 7) is 2.06. The van der Waals surface area contributed by atoms with Crippen LogP contribution in [-0.4, -0.2) is 47.0 Å². The predicted molar refractivity (Wildman–Crippen MR) is 103 cm³/mol. The van der Waals surface area contributed by atoms with E-state index in [1.165, 1.54) is 11.3 Å². The minimum absolute atomic E-state index is 0.122. The number of thiophene rings is 1. The molecule has 0 saturated carbocycles. The number of hydrogen-bond acceptors (Lipinski definition) is 6. The maximum atomic E-state index is 12.6. The Bertz CT molecular complexity index is 790. The molecule has 0 radical (unpaired) electrons. The van der Waals surface area contributed by atoms with Gasteiger partial charge in [-0.2, -0.15) is 0 Å². The van der Waals surface area contributed by atoms with Crippen molar-refractivity contribution >= 4 is 46.6 Å². The van der Waals surface area contributed by atoms with Crippen molar-refractivity contribution in [2.24, 2.45) is 0 Å². The number of nitrogens with one attached hydrogen (secondary N) is 1. The number of rotatable bonds is 5. The monoisotopic (exact) mass is 390 g/mol. The Morgan fingerprint density at radius 2 is 2.00 bits per heavy atom.